The number of nitrogens with one attached hydrogen (secondary N) is 1. The molecule has 4 rings (SSSR count). The maximum atomic E-state index is 13.1. The molecule has 0 unspecified atom stereocenters. The first-order chi connectivity index (χ1) is 11.3. The lowest BCUT2D eigenvalue weighted by atomic mass is 10.0. The van der Waals surface area contributed by atoms with Crippen molar-refractivity contribution in [2.24, 2.45) is 5.92 Å². The number of hydrogen-bond donors (Lipinski definition) is 1. The maximum absolute atomic E-state index is 13.1. The number of carbonyl (C=O) groups is 2. The Bertz CT molecular complexity index is 611. The number of H-pyrrole nitrogens is 1. The number of anilines is 1. The summed E-state index contributed by atoms with van der Waals surface area (Å²) in [5.41, 5.74) is 1.93. The number of aromatic amines is 1. The summed E-state index contributed by atoms with van der Waals surface area (Å²) in [7, 11) is 0. The summed E-state index contributed by atoms with van der Waals surface area (Å²) in [6, 6.07) is -0.311. The van der Waals surface area contributed by atoms with E-state index in [1.54, 1.807) is 18.0 Å². The number of nitrogens with zero attached hydrogens (tertiary/aromatic N) is 3. The van der Waals surface area contributed by atoms with Crippen molar-refractivity contribution in [2.45, 2.75) is 44.6 Å². The molecule has 1 aromatic rings. The van der Waals surface area contributed by atoms with E-state index < -0.39 is 0 Å². The van der Waals surface area contributed by atoms with Crippen molar-refractivity contribution >= 4 is 29.3 Å². The van der Waals surface area contributed by atoms with Crippen molar-refractivity contribution < 1.29 is 9.59 Å². The van der Waals surface area contributed by atoms with Gasteiger partial charge in [-0.15, -0.1) is 11.8 Å². The van der Waals surface area contributed by atoms with Crippen LogP contribution in [0.4, 0.5) is 5.69 Å². The first-order valence-electron chi connectivity index (χ1n) is 8.47. The molecular formula is C16H22N4O2S. The number of thioether (sulfide) groups is 1. The Labute approximate surface area is 140 Å². The lowest BCUT2D eigenvalue weighted by molar-refractivity contribution is -0.140. The van der Waals surface area contributed by atoms with Crippen molar-refractivity contribution in [1.82, 2.24) is 15.1 Å². The molecule has 6 nitrogen and oxygen atoms in total. The lowest BCUT2D eigenvalue weighted by Crippen LogP contribution is -2.51. The van der Waals surface area contributed by atoms with Crippen LogP contribution in [0.2, 0.25) is 0 Å². The quantitative estimate of drug-likeness (QED) is 0.895. The van der Waals surface area contributed by atoms with E-state index in [9.17, 15) is 9.59 Å². The standard InChI is InChI=1S/C16H22N4O2S/c21-15(11-4-1-2-5-11)20-10-23-9-14(20)16(22)19-7-3-6-12-13(19)8-17-18-12/h8,11,14H,1-7,9-10H2,(H,17,18)/t14-/m1/s1. The number of carbonyl (C=O) groups excluding carboxylic acids is 2. The average molecular weight is 334 g/mol. The van der Waals surface area contributed by atoms with Crippen molar-refractivity contribution in [3.63, 3.8) is 0 Å². The Kier molecular flexibility index (Phi) is 4.05. The van der Waals surface area contributed by atoms with Crippen LogP contribution in [0, 0.1) is 5.92 Å². The van der Waals surface area contributed by atoms with Crippen LogP contribution >= 0.6 is 11.8 Å². The normalized spacial score (nSPS) is 25.0. The molecule has 1 atom stereocenters. The van der Waals surface area contributed by atoms with Gasteiger partial charge in [0.05, 0.1) is 23.5 Å². The molecule has 1 saturated carbocycles. The van der Waals surface area contributed by atoms with E-state index in [1.165, 1.54) is 0 Å². The van der Waals surface area contributed by atoms with Gasteiger partial charge in [-0.2, -0.15) is 5.10 Å². The van der Waals surface area contributed by atoms with Gasteiger partial charge < -0.3 is 9.80 Å². The summed E-state index contributed by atoms with van der Waals surface area (Å²) < 4.78 is 0. The maximum Gasteiger partial charge on any atom is 0.250 e. The van der Waals surface area contributed by atoms with Crippen LogP contribution in [0.3, 0.4) is 0 Å². The van der Waals surface area contributed by atoms with Crippen LogP contribution in [0.15, 0.2) is 6.20 Å². The van der Waals surface area contributed by atoms with Gasteiger partial charge in [0.15, 0.2) is 0 Å². The Morgan fingerprint density at radius 2 is 2.04 bits per heavy atom. The van der Waals surface area contributed by atoms with Gasteiger partial charge in [0.1, 0.15) is 6.04 Å². The average Bonchev–Trinajstić information content (AvgIpc) is 3.33. The predicted octanol–water partition coefficient (Wildman–Crippen LogP) is 1.78. The first kappa shape index (κ1) is 15.1. The zero-order valence-corrected chi connectivity index (χ0v) is 14.0. The molecule has 0 bridgehead atoms. The van der Waals surface area contributed by atoms with E-state index in [4.69, 9.17) is 0 Å². The van der Waals surface area contributed by atoms with E-state index in [0.29, 0.717) is 11.6 Å². The Balaban J connectivity index is 1.53. The molecule has 1 saturated heterocycles. The zero-order chi connectivity index (χ0) is 15.8. The highest BCUT2D eigenvalue weighted by atomic mass is 32.2. The number of amides is 2. The van der Waals surface area contributed by atoms with Gasteiger partial charge in [0, 0.05) is 18.2 Å². The van der Waals surface area contributed by atoms with Crippen LogP contribution < -0.4 is 4.90 Å². The van der Waals surface area contributed by atoms with Crippen LogP contribution in [-0.2, 0) is 16.0 Å². The number of aromatic nitrogens is 2. The summed E-state index contributed by atoms with van der Waals surface area (Å²) in [4.78, 5) is 29.5. The minimum absolute atomic E-state index is 0.0590. The second kappa shape index (κ2) is 6.19. The molecule has 1 N–H and O–H groups in total. The molecule has 2 fully saturated rings. The van der Waals surface area contributed by atoms with Crippen molar-refractivity contribution in [3.05, 3.63) is 11.9 Å². The highest BCUT2D eigenvalue weighted by Gasteiger charge is 2.41. The highest BCUT2D eigenvalue weighted by molar-refractivity contribution is 7.99. The second-order valence-electron chi connectivity index (χ2n) is 6.63. The summed E-state index contributed by atoms with van der Waals surface area (Å²) in [5, 5.41) is 7.06. The molecule has 0 spiro atoms. The van der Waals surface area contributed by atoms with E-state index in [-0.39, 0.29) is 23.8 Å². The van der Waals surface area contributed by atoms with Crippen molar-refractivity contribution in [1.29, 1.82) is 0 Å². The molecule has 3 aliphatic rings. The van der Waals surface area contributed by atoms with E-state index in [0.717, 1.165) is 56.5 Å². The molecule has 1 aromatic heterocycles. The van der Waals surface area contributed by atoms with Crippen LogP contribution in [0.1, 0.15) is 37.8 Å². The van der Waals surface area contributed by atoms with E-state index in [1.807, 2.05) is 9.80 Å². The van der Waals surface area contributed by atoms with Gasteiger partial charge in [0.2, 0.25) is 5.91 Å². The summed E-state index contributed by atoms with van der Waals surface area (Å²) in [6.07, 6.45) is 7.85. The molecule has 3 heterocycles. The third kappa shape index (κ3) is 2.65. The summed E-state index contributed by atoms with van der Waals surface area (Å²) in [5.74, 6) is 1.74. The fraction of sp³-hybridized carbons (Fsp3) is 0.688. The zero-order valence-electron chi connectivity index (χ0n) is 13.2. The second-order valence-corrected chi connectivity index (χ2v) is 7.63. The largest absolute Gasteiger partial charge is 0.320 e. The van der Waals surface area contributed by atoms with Gasteiger partial charge in [-0.25, -0.2) is 0 Å². The highest BCUT2D eigenvalue weighted by Crippen LogP contribution is 2.33. The molecule has 0 radical (unpaired) electrons. The molecule has 2 aliphatic heterocycles. The number of fused-ring (bicyclic) bond motifs is 1. The molecule has 124 valence electrons. The molecule has 0 aromatic carbocycles. The van der Waals surface area contributed by atoms with Crippen LogP contribution in [-0.4, -0.2) is 51.1 Å². The van der Waals surface area contributed by atoms with Crippen LogP contribution in [0.5, 0.6) is 0 Å². The van der Waals surface area contributed by atoms with Crippen LogP contribution in [0.25, 0.3) is 0 Å². The Hall–Kier alpha value is -1.50. The molecule has 7 heteroatoms. The minimum Gasteiger partial charge on any atom is -0.320 e. The molecule has 1 aliphatic carbocycles. The summed E-state index contributed by atoms with van der Waals surface area (Å²) >= 11 is 1.69. The van der Waals surface area contributed by atoms with Gasteiger partial charge in [-0.1, -0.05) is 12.8 Å². The number of aryl methyl sites for hydroxylation is 1. The predicted molar refractivity (Wildman–Crippen MR) is 89.2 cm³/mol. The lowest BCUT2D eigenvalue weighted by Gasteiger charge is -2.32. The van der Waals surface area contributed by atoms with E-state index >= 15 is 0 Å². The first-order valence-corrected chi connectivity index (χ1v) is 9.63. The minimum atomic E-state index is -0.311. The molecular weight excluding hydrogens is 312 g/mol. The van der Waals surface area contributed by atoms with Crippen molar-refractivity contribution in [3.8, 4) is 0 Å². The SMILES string of the molecule is O=C([C@H]1CSCN1C(=O)C1CCCC1)N1CCCc2[nH]ncc21. The van der Waals surface area contributed by atoms with Gasteiger partial charge in [-0.05, 0) is 25.7 Å². The number of hydrogen-bond acceptors (Lipinski definition) is 4. The molecule has 23 heavy (non-hydrogen) atoms. The smallest absolute Gasteiger partial charge is 0.250 e. The topological polar surface area (TPSA) is 69.3 Å². The Morgan fingerprint density at radius 1 is 1.22 bits per heavy atom. The number of rotatable bonds is 2. The van der Waals surface area contributed by atoms with E-state index in [2.05, 4.69) is 10.2 Å². The third-order valence-electron chi connectivity index (χ3n) is 5.22. The fourth-order valence-electron chi connectivity index (χ4n) is 3.94. The Morgan fingerprint density at radius 3 is 2.87 bits per heavy atom. The van der Waals surface area contributed by atoms with Gasteiger partial charge >= 0.3 is 0 Å². The van der Waals surface area contributed by atoms with Gasteiger partial charge in [-0.3, -0.25) is 14.7 Å². The third-order valence-corrected chi connectivity index (χ3v) is 6.23. The fourth-order valence-corrected chi connectivity index (χ4v) is 5.09. The molecule has 2 amide bonds. The summed E-state index contributed by atoms with van der Waals surface area (Å²) in [6.45, 7) is 0.720. The van der Waals surface area contributed by atoms with Crippen molar-refractivity contribution in [2.75, 3.05) is 23.1 Å². The monoisotopic (exact) mass is 334 g/mol. The van der Waals surface area contributed by atoms with Gasteiger partial charge in [0.25, 0.3) is 5.91 Å².